The van der Waals surface area contributed by atoms with E-state index >= 15 is 0 Å². The van der Waals surface area contributed by atoms with Crippen LogP contribution in [-0.2, 0) is 9.84 Å². The summed E-state index contributed by atoms with van der Waals surface area (Å²) in [6.45, 7) is 0. The Morgan fingerprint density at radius 3 is 2.19 bits per heavy atom. The minimum absolute atomic E-state index is 0.222. The van der Waals surface area contributed by atoms with E-state index in [2.05, 4.69) is 5.32 Å². The molecule has 156 valence electrons. The van der Waals surface area contributed by atoms with Crippen molar-refractivity contribution in [1.82, 2.24) is 0 Å². The summed E-state index contributed by atoms with van der Waals surface area (Å²) >= 11 is 6.33. The molecule has 0 aliphatic heterocycles. The van der Waals surface area contributed by atoms with Crippen molar-refractivity contribution in [3.8, 4) is 22.5 Å². The first-order chi connectivity index (χ1) is 14.8. The van der Waals surface area contributed by atoms with Gasteiger partial charge >= 0.3 is 0 Å². The molecule has 0 radical (unpaired) electrons. The number of rotatable bonds is 5. The molecule has 0 saturated heterocycles. The molecule has 5 nitrogen and oxygen atoms in total. The molecule has 4 rings (SSSR count). The Balaban J connectivity index is 1.55. The quantitative estimate of drug-likeness (QED) is 0.408. The van der Waals surface area contributed by atoms with E-state index in [1.807, 2.05) is 24.3 Å². The van der Waals surface area contributed by atoms with Crippen molar-refractivity contribution in [2.75, 3.05) is 11.6 Å². The minimum Gasteiger partial charge on any atom is -0.464 e. The first kappa shape index (κ1) is 20.9. The molecule has 1 amide bonds. The van der Waals surface area contributed by atoms with Crippen molar-refractivity contribution < 1.29 is 17.6 Å². The smallest absolute Gasteiger partial charge is 0.255 e. The zero-order valence-electron chi connectivity index (χ0n) is 16.5. The molecular formula is C24H18ClNO4S. The van der Waals surface area contributed by atoms with Crippen LogP contribution in [0.15, 0.2) is 94.4 Å². The summed E-state index contributed by atoms with van der Waals surface area (Å²) in [4.78, 5) is 13.0. The van der Waals surface area contributed by atoms with E-state index in [9.17, 15) is 13.2 Å². The van der Waals surface area contributed by atoms with Crippen LogP contribution in [0.1, 0.15) is 10.4 Å². The standard InChI is InChI=1S/C24H18ClNO4S/c1-31(28,29)20-11-6-16(7-12-20)21-15-18(8-13-22(21)25)24(27)26-19-9-4-17(5-10-19)23-3-2-14-30-23/h2-15H,1H3,(H,26,27). The van der Waals surface area contributed by atoms with E-state index in [-0.39, 0.29) is 10.8 Å². The number of hydrogen-bond donors (Lipinski definition) is 1. The molecular weight excluding hydrogens is 434 g/mol. The highest BCUT2D eigenvalue weighted by Crippen LogP contribution is 2.30. The molecule has 1 aromatic heterocycles. The van der Waals surface area contributed by atoms with Gasteiger partial charge in [-0.15, -0.1) is 0 Å². The Labute approximate surface area is 185 Å². The first-order valence-electron chi connectivity index (χ1n) is 9.36. The van der Waals surface area contributed by atoms with Gasteiger partial charge in [-0.1, -0.05) is 23.7 Å². The predicted molar refractivity (Wildman–Crippen MR) is 122 cm³/mol. The fourth-order valence-corrected chi connectivity index (χ4v) is 3.99. The Morgan fingerprint density at radius 2 is 1.58 bits per heavy atom. The molecule has 31 heavy (non-hydrogen) atoms. The second kappa shape index (κ2) is 8.41. The van der Waals surface area contributed by atoms with Crippen LogP contribution in [0, 0.1) is 0 Å². The van der Waals surface area contributed by atoms with E-state index in [4.69, 9.17) is 16.0 Å². The monoisotopic (exact) mass is 451 g/mol. The van der Waals surface area contributed by atoms with Gasteiger partial charge in [0.05, 0.1) is 11.2 Å². The molecule has 0 saturated carbocycles. The number of anilines is 1. The van der Waals surface area contributed by atoms with E-state index in [1.165, 1.54) is 12.1 Å². The predicted octanol–water partition coefficient (Wildman–Crippen LogP) is 5.92. The fraction of sp³-hybridized carbons (Fsp3) is 0.0417. The maximum Gasteiger partial charge on any atom is 0.255 e. The van der Waals surface area contributed by atoms with Crippen LogP contribution < -0.4 is 5.32 Å². The largest absolute Gasteiger partial charge is 0.464 e. The van der Waals surface area contributed by atoms with Gasteiger partial charge in [-0.25, -0.2) is 8.42 Å². The molecule has 3 aromatic carbocycles. The topological polar surface area (TPSA) is 76.4 Å². The Bertz CT molecular complexity index is 1330. The first-order valence-corrected chi connectivity index (χ1v) is 11.6. The molecule has 7 heteroatoms. The third-order valence-electron chi connectivity index (χ3n) is 4.77. The molecule has 0 spiro atoms. The number of sulfone groups is 1. The number of hydrogen-bond acceptors (Lipinski definition) is 4. The van der Waals surface area contributed by atoms with Gasteiger partial charge in [0.15, 0.2) is 9.84 Å². The van der Waals surface area contributed by atoms with Gasteiger partial charge in [-0.3, -0.25) is 4.79 Å². The van der Waals surface area contributed by atoms with Crippen molar-refractivity contribution >= 4 is 33.0 Å². The van der Waals surface area contributed by atoms with Crippen LogP contribution in [0.25, 0.3) is 22.5 Å². The van der Waals surface area contributed by atoms with Gasteiger partial charge in [0.1, 0.15) is 5.76 Å². The highest BCUT2D eigenvalue weighted by molar-refractivity contribution is 7.90. The Kier molecular flexibility index (Phi) is 5.67. The summed E-state index contributed by atoms with van der Waals surface area (Å²) < 4.78 is 28.7. The van der Waals surface area contributed by atoms with Crippen LogP contribution in [0.4, 0.5) is 5.69 Å². The number of amides is 1. The van der Waals surface area contributed by atoms with Gasteiger partial charge in [-0.2, -0.15) is 0 Å². The van der Waals surface area contributed by atoms with Crippen LogP contribution in [-0.4, -0.2) is 20.6 Å². The number of halogens is 1. The number of furan rings is 1. The minimum atomic E-state index is -3.29. The zero-order chi connectivity index (χ0) is 22.0. The average molecular weight is 452 g/mol. The maximum absolute atomic E-state index is 12.8. The van der Waals surface area contributed by atoms with E-state index in [0.717, 1.165) is 23.1 Å². The number of nitrogens with one attached hydrogen (secondary N) is 1. The third kappa shape index (κ3) is 4.71. The van der Waals surface area contributed by atoms with Gasteiger partial charge in [-0.05, 0) is 72.3 Å². The molecule has 0 atom stereocenters. The molecule has 1 heterocycles. The average Bonchev–Trinajstić information content (AvgIpc) is 3.29. The summed E-state index contributed by atoms with van der Waals surface area (Å²) in [5, 5.41) is 3.33. The summed E-state index contributed by atoms with van der Waals surface area (Å²) in [6, 6.07) is 22.4. The molecule has 1 N–H and O–H groups in total. The second-order valence-electron chi connectivity index (χ2n) is 7.00. The zero-order valence-corrected chi connectivity index (χ0v) is 18.1. The highest BCUT2D eigenvalue weighted by Gasteiger charge is 2.13. The maximum atomic E-state index is 12.8. The fourth-order valence-electron chi connectivity index (χ4n) is 3.13. The van der Waals surface area contributed by atoms with Crippen molar-refractivity contribution in [2.24, 2.45) is 0 Å². The van der Waals surface area contributed by atoms with E-state index in [0.29, 0.717) is 21.8 Å². The van der Waals surface area contributed by atoms with Crippen LogP contribution in [0.2, 0.25) is 5.02 Å². The lowest BCUT2D eigenvalue weighted by Crippen LogP contribution is -2.11. The molecule has 0 aliphatic rings. The summed E-state index contributed by atoms with van der Waals surface area (Å²) in [5.41, 5.74) is 3.35. The number of benzene rings is 3. The van der Waals surface area contributed by atoms with Gasteiger partial charge in [0.25, 0.3) is 5.91 Å². The number of carbonyl (C=O) groups excluding carboxylic acids is 1. The molecule has 0 aliphatic carbocycles. The Morgan fingerprint density at radius 1 is 0.903 bits per heavy atom. The summed E-state index contributed by atoms with van der Waals surface area (Å²) in [6.07, 6.45) is 2.76. The lowest BCUT2D eigenvalue weighted by atomic mass is 10.0. The molecule has 0 unspecified atom stereocenters. The lowest BCUT2D eigenvalue weighted by Gasteiger charge is -2.10. The SMILES string of the molecule is CS(=O)(=O)c1ccc(-c2cc(C(=O)Nc3ccc(-c4ccco4)cc3)ccc2Cl)cc1. The van der Waals surface area contributed by atoms with Crippen molar-refractivity contribution in [1.29, 1.82) is 0 Å². The van der Waals surface area contributed by atoms with Crippen molar-refractivity contribution in [3.63, 3.8) is 0 Å². The van der Waals surface area contributed by atoms with Gasteiger partial charge in [0, 0.05) is 33.7 Å². The summed E-state index contributed by atoms with van der Waals surface area (Å²) in [5.74, 6) is 0.471. The molecule has 0 fully saturated rings. The van der Waals surface area contributed by atoms with Crippen LogP contribution >= 0.6 is 11.6 Å². The second-order valence-corrected chi connectivity index (χ2v) is 9.42. The van der Waals surface area contributed by atoms with Crippen LogP contribution in [0.5, 0.6) is 0 Å². The lowest BCUT2D eigenvalue weighted by molar-refractivity contribution is 0.102. The Hall–Kier alpha value is -3.35. The van der Waals surface area contributed by atoms with Crippen molar-refractivity contribution in [2.45, 2.75) is 4.90 Å². The van der Waals surface area contributed by atoms with Gasteiger partial charge < -0.3 is 9.73 Å². The van der Waals surface area contributed by atoms with E-state index in [1.54, 1.807) is 48.7 Å². The third-order valence-corrected chi connectivity index (χ3v) is 6.23. The van der Waals surface area contributed by atoms with Crippen LogP contribution in [0.3, 0.4) is 0 Å². The normalized spacial score (nSPS) is 11.3. The highest BCUT2D eigenvalue weighted by atomic mass is 35.5. The number of carbonyl (C=O) groups is 1. The molecule has 4 aromatic rings. The summed E-state index contributed by atoms with van der Waals surface area (Å²) in [7, 11) is -3.29. The van der Waals surface area contributed by atoms with E-state index < -0.39 is 9.84 Å². The molecule has 0 bridgehead atoms. The van der Waals surface area contributed by atoms with Crippen molar-refractivity contribution in [3.05, 3.63) is 95.7 Å². The van der Waals surface area contributed by atoms with Gasteiger partial charge in [0.2, 0.25) is 0 Å².